The molecule has 2 aliphatic rings. The number of hydrogen-bond donors (Lipinski definition) is 0. The molecule has 0 aromatic heterocycles. The second-order valence-corrected chi connectivity index (χ2v) is 5.07. The Morgan fingerprint density at radius 3 is 2.44 bits per heavy atom. The first kappa shape index (κ1) is 12.2. The lowest BCUT2D eigenvalue weighted by Gasteiger charge is -2.39. The molecule has 1 aromatic rings. The van der Waals surface area contributed by atoms with Crippen LogP contribution in [0.5, 0.6) is 0 Å². The van der Waals surface area contributed by atoms with Gasteiger partial charge in [0.05, 0.1) is 23.9 Å². The standard InChI is InChI=1S/C13H15ClFNO2/c14-10-2-1-3-11(15)12(10)16-6-4-13(5-7-16)17-8-9-18-13/h1-3H,4-9H2. The van der Waals surface area contributed by atoms with Crippen molar-refractivity contribution in [2.75, 3.05) is 31.2 Å². The minimum Gasteiger partial charge on any atom is -0.368 e. The van der Waals surface area contributed by atoms with Crippen LogP contribution < -0.4 is 4.90 Å². The Kier molecular flexibility index (Phi) is 3.18. The van der Waals surface area contributed by atoms with Gasteiger partial charge >= 0.3 is 0 Å². The largest absolute Gasteiger partial charge is 0.368 e. The van der Waals surface area contributed by atoms with Crippen molar-refractivity contribution in [2.24, 2.45) is 0 Å². The van der Waals surface area contributed by atoms with Crippen LogP contribution in [0.3, 0.4) is 0 Å². The molecule has 2 heterocycles. The molecule has 0 atom stereocenters. The summed E-state index contributed by atoms with van der Waals surface area (Å²) in [6, 6.07) is 4.77. The van der Waals surface area contributed by atoms with Crippen molar-refractivity contribution in [3.63, 3.8) is 0 Å². The lowest BCUT2D eigenvalue weighted by Crippen LogP contribution is -2.45. The minimum absolute atomic E-state index is 0.272. The molecule has 0 N–H and O–H groups in total. The molecule has 0 radical (unpaired) electrons. The molecule has 0 aliphatic carbocycles. The molecule has 2 saturated heterocycles. The van der Waals surface area contributed by atoms with Gasteiger partial charge in [-0.1, -0.05) is 17.7 Å². The van der Waals surface area contributed by atoms with E-state index in [-0.39, 0.29) is 5.82 Å². The van der Waals surface area contributed by atoms with Crippen LogP contribution in [0, 0.1) is 5.82 Å². The fourth-order valence-corrected chi connectivity index (χ4v) is 2.93. The van der Waals surface area contributed by atoms with E-state index in [2.05, 4.69) is 0 Å². The molecule has 2 aliphatic heterocycles. The third-order valence-corrected chi connectivity index (χ3v) is 3.90. The van der Waals surface area contributed by atoms with Crippen molar-refractivity contribution in [2.45, 2.75) is 18.6 Å². The number of rotatable bonds is 1. The molecule has 3 nitrogen and oxygen atoms in total. The summed E-state index contributed by atoms with van der Waals surface area (Å²) in [7, 11) is 0. The molecular formula is C13H15ClFNO2. The van der Waals surface area contributed by atoms with Crippen molar-refractivity contribution < 1.29 is 13.9 Å². The summed E-state index contributed by atoms with van der Waals surface area (Å²) in [4.78, 5) is 1.97. The van der Waals surface area contributed by atoms with E-state index < -0.39 is 5.79 Å². The highest BCUT2D eigenvalue weighted by molar-refractivity contribution is 6.33. The number of ether oxygens (including phenoxy) is 2. The van der Waals surface area contributed by atoms with Crippen molar-refractivity contribution in [1.29, 1.82) is 0 Å². The maximum absolute atomic E-state index is 13.8. The molecule has 1 spiro atoms. The normalized spacial score (nSPS) is 22.7. The Morgan fingerprint density at radius 2 is 1.83 bits per heavy atom. The highest BCUT2D eigenvalue weighted by Crippen LogP contribution is 2.36. The average Bonchev–Trinajstić information content (AvgIpc) is 2.80. The molecule has 0 saturated carbocycles. The Bertz CT molecular complexity index is 418. The predicted molar refractivity (Wildman–Crippen MR) is 67.5 cm³/mol. The molecule has 3 rings (SSSR count). The topological polar surface area (TPSA) is 21.7 Å². The van der Waals surface area contributed by atoms with Crippen LogP contribution in [0.2, 0.25) is 5.02 Å². The van der Waals surface area contributed by atoms with Gasteiger partial charge in [-0.05, 0) is 12.1 Å². The van der Waals surface area contributed by atoms with Gasteiger partial charge in [0.25, 0.3) is 0 Å². The van der Waals surface area contributed by atoms with Gasteiger partial charge in [0.2, 0.25) is 0 Å². The summed E-state index contributed by atoms with van der Waals surface area (Å²) in [6.07, 6.45) is 1.50. The van der Waals surface area contributed by atoms with E-state index in [0.29, 0.717) is 37.0 Å². The quantitative estimate of drug-likeness (QED) is 0.784. The monoisotopic (exact) mass is 271 g/mol. The minimum atomic E-state index is -0.436. The van der Waals surface area contributed by atoms with Crippen LogP contribution in [0.15, 0.2) is 18.2 Å². The summed E-state index contributed by atoms with van der Waals surface area (Å²) in [6.45, 7) is 2.70. The van der Waals surface area contributed by atoms with Crippen LogP contribution in [-0.4, -0.2) is 32.1 Å². The Balaban J connectivity index is 1.76. The number of benzene rings is 1. The zero-order chi connectivity index (χ0) is 12.6. The van der Waals surface area contributed by atoms with E-state index >= 15 is 0 Å². The Morgan fingerprint density at radius 1 is 1.17 bits per heavy atom. The van der Waals surface area contributed by atoms with Gasteiger partial charge in [-0.3, -0.25) is 0 Å². The summed E-state index contributed by atoms with van der Waals surface area (Å²) in [5.74, 6) is -0.708. The number of para-hydroxylation sites is 1. The van der Waals surface area contributed by atoms with Crippen molar-refractivity contribution >= 4 is 17.3 Å². The SMILES string of the molecule is Fc1cccc(Cl)c1N1CCC2(CC1)OCCO2. The molecule has 0 bridgehead atoms. The third-order valence-electron chi connectivity index (χ3n) is 3.59. The van der Waals surface area contributed by atoms with E-state index in [4.69, 9.17) is 21.1 Å². The zero-order valence-electron chi connectivity index (χ0n) is 9.99. The van der Waals surface area contributed by atoms with Gasteiger partial charge in [0, 0.05) is 25.9 Å². The number of hydrogen-bond acceptors (Lipinski definition) is 3. The molecule has 18 heavy (non-hydrogen) atoms. The summed E-state index contributed by atoms with van der Waals surface area (Å²) in [5, 5.41) is 0.458. The van der Waals surface area contributed by atoms with Crippen LogP contribution in [0.4, 0.5) is 10.1 Å². The van der Waals surface area contributed by atoms with Gasteiger partial charge in [-0.25, -0.2) is 4.39 Å². The molecule has 98 valence electrons. The molecule has 0 amide bonds. The first-order valence-electron chi connectivity index (χ1n) is 6.17. The van der Waals surface area contributed by atoms with E-state index in [9.17, 15) is 4.39 Å². The van der Waals surface area contributed by atoms with Gasteiger partial charge in [0.15, 0.2) is 5.79 Å². The van der Waals surface area contributed by atoms with Crippen LogP contribution in [-0.2, 0) is 9.47 Å². The van der Waals surface area contributed by atoms with Crippen molar-refractivity contribution in [3.8, 4) is 0 Å². The Labute approximate surface area is 110 Å². The number of nitrogens with zero attached hydrogens (tertiary/aromatic N) is 1. The van der Waals surface area contributed by atoms with E-state index in [1.54, 1.807) is 12.1 Å². The van der Waals surface area contributed by atoms with Gasteiger partial charge in [-0.2, -0.15) is 0 Å². The highest BCUT2D eigenvalue weighted by atomic mass is 35.5. The molecule has 1 aromatic carbocycles. The second kappa shape index (κ2) is 4.68. The summed E-state index contributed by atoms with van der Waals surface area (Å²) >= 11 is 6.07. The smallest absolute Gasteiger partial charge is 0.171 e. The van der Waals surface area contributed by atoms with Crippen LogP contribution >= 0.6 is 11.6 Å². The Hall–Kier alpha value is -0.840. The number of piperidine rings is 1. The highest BCUT2D eigenvalue weighted by Gasteiger charge is 2.40. The first-order chi connectivity index (χ1) is 8.70. The summed E-state index contributed by atoms with van der Waals surface area (Å²) < 4.78 is 25.1. The maximum Gasteiger partial charge on any atom is 0.171 e. The van der Waals surface area contributed by atoms with E-state index in [1.807, 2.05) is 4.90 Å². The average molecular weight is 272 g/mol. The number of halogens is 2. The molecule has 0 unspecified atom stereocenters. The number of anilines is 1. The maximum atomic E-state index is 13.8. The van der Waals surface area contributed by atoms with Gasteiger partial charge in [0.1, 0.15) is 5.82 Å². The molecular weight excluding hydrogens is 257 g/mol. The molecule has 5 heteroatoms. The van der Waals surface area contributed by atoms with Gasteiger partial charge in [-0.15, -0.1) is 0 Å². The second-order valence-electron chi connectivity index (χ2n) is 4.66. The van der Waals surface area contributed by atoms with E-state index in [1.165, 1.54) is 6.07 Å². The van der Waals surface area contributed by atoms with Crippen molar-refractivity contribution in [3.05, 3.63) is 29.0 Å². The zero-order valence-corrected chi connectivity index (χ0v) is 10.8. The lowest BCUT2D eigenvalue weighted by atomic mass is 10.0. The first-order valence-corrected chi connectivity index (χ1v) is 6.55. The lowest BCUT2D eigenvalue weighted by molar-refractivity contribution is -0.169. The van der Waals surface area contributed by atoms with Crippen LogP contribution in [0.25, 0.3) is 0 Å². The van der Waals surface area contributed by atoms with Gasteiger partial charge < -0.3 is 14.4 Å². The fourth-order valence-electron chi connectivity index (χ4n) is 2.65. The van der Waals surface area contributed by atoms with Crippen molar-refractivity contribution in [1.82, 2.24) is 0 Å². The summed E-state index contributed by atoms with van der Waals surface area (Å²) in [5.41, 5.74) is 0.493. The van der Waals surface area contributed by atoms with E-state index in [0.717, 1.165) is 12.8 Å². The molecule has 2 fully saturated rings. The van der Waals surface area contributed by atoms with Crippen LogP contribution in [0.1, 0.15) is 12.8 Å². The predicted octanol–water partition coefficient (Wildman–Crippen LogP) is 2.82. The fraction of sp³-hybridized carbons (Fsp3) is 0.538. The third kappa shape index (κ3) is 2.09.